The Balaban J connectivity index is 2.26. The van der Waals surface area contributed by atoms with Gasteiger partial charge in [0.1, 0.15) is 11.4 Å². The van der Waals surface area contributed by atoms with Crippen molar-refractivity contribution in [2.24, 2.45) is 5.92 Å². The third kappa shape index (κ3) is 2.92. The Kier molecular flexibility index (Phi) is 4.14. The number of hydrogen-bond donors (Lipinski definition) is 1. The highest BCUT2D eigenvalue weighted by Gasteiger charge is 2.35. The summed E-state index contributed by atoms with van der Waals surface area (Å²) >= 11 is 0. The fourth-order valence-corrected chi connectivity index (χ4v) is 3.68. The molecule has 0 fully saturated rings. The van der Waals surface area contributed by atoms with Crippen molar-refractivity contribution in [2.45, 2.75) is 53.6 Å². The molecule has 0 saturated carbocycles. The summed E-state index contributed by atoms with van der Waals surface area (Å²) in [6.45, 7) is 12.4. The number of rotatable bonds is 3. The maximum atomic E-state index is 11.6. The molecule has 0 aromatic heterocycles. The highest BCUT2D eigenvalue weighted by molar-refractivity contribution is 5.94. The zero-order chi connectivity index (χ0) is 18.5. The number of carboxylic acid groups (broad SMARTS) is 1. The molecule has 1 heterocycles. The number of fused-ring (bicyclic) bond motifs is 3. The molecule has 0 unspecified atom stereocenters. The normalized spacial score (nSPS) is 14.7. The number of ether oxygens (including phenoxy) is 1. The summed E-state index contributed by atoms with van der Waals surface area (Å²) in [4.78, 5) is 11.6. The van der Waals surface area contributed by atoms with Crippen LogP contribution >= 0.6 is 0 Å². The monoisotopic (exact) mass is 338 g/mol. The Hall–Kier alpha value is -2.29. The van der Waals surface area contributed by atoms with E-state index in [9.17, 15) is 9.90 Å². The highest BCUT2D eigenvalue weighted by Crippen LogP contribution is 2.48. The molecule has 0 saturated heterocycles. The molecular formula is C22H26O3. The number of benzene rings is 2. The minimum Gasteiger partial charge on any atom is -0.482 e. The molecule has 0 aliphatic carbocycles. The van der Waals surface area contributed by atoms with Crippen LogP contribution < -0.4 is 4.74 Å². The molecule has 0 bridgehead atoms. The maximum absolute atomic E-state index is 11.6. The number of hydrogen-bond acceptors (Lipinski definition) is 2. The lowest BCUT2D eigenvalue weighted by atomic mass is 9.82. The van der Waals surface area contributed by atoms with Crippen LogP contribution in [0.15, 0.2) is 24.3 Å². The Bertz CT molecular complexity index is 860. The molecule has 0 atom stereocenters. The van der Waals surface area contributed by atoms with E-state index >= 15 is 0 Å². The number of carboxylic acids is 1. The van der Waals surface area contributed by atoms with E-state index in [1.807, 2.05) is 13.8 Å². The Labute approximate surface area is 149 Å². The molecule has 0 radical (unpaired) electrons. The van der Waals surface area contributed by atoms with Gasteiger partial charge in [0.05, 0.1) is 5.56 Å². The van der Waals surface area contributed by atoms with Gasteiger partial charge in [-0.05, 0) is 68.4 Å². The van der Waals surface area contributed by atoms with Gasteiger partial charge in [0.2, 0.25) is 0 Å². The molecule has 1 N–H and O–H groups in total. The quantitative estimate of drug-likeness (QED) is 0.804. The van der Waals surface area contributed by atoms with Crippen LogP contribution in [-0.4, -0.2) is 11.1 Å². The van der Waals surface area contributed by atoms with Gasteiger partial charge in [-0.25, -0.2) is 4.79 Å². The van der Waals surface area contributed by atoms with Crippen molar-refractivity contribution in [3.8, 4) is 16.9 Å². The number of carbonyl (C=O) groups is 1. The first-order valence-electron chi connectivity index (χ1n) is 8.82. The van der Waals surface area contributed by atoms with E-state index in [2.05, 4.69) is 45.9 Å². The van der Waals surface area contributed by atoms with E-state index in [0.29, 0.717) is 11.5 Å². The van der Waals surface area contributed by atoms with Crippen molar-refractivity contribution < 1.29 is 14.6 Å². The summed E-state index contributed by atoms with van der Waals surface area (Å²) in [5.41, 5.74) is 5.93. The fourth-order valence-electron chi connectivity index (χ4n) is 3.68. The predicted molar refractivity (Wildman–Crippen MR) is 101 cm³/mol. The van der Waals surface area contributed by atoms with E-state index in [0.717, 1.165) is 40.0 Å². The molecule has 132 valence electrons. The fraction of sp³-hybridized carbons (Fsp3) is 0.409. The minimum absolute atomic E-state index is 0.344. The molecular weight excluding hydrogens is 312 g/mol. The molecule has 3 nitrogen and oxygen atoms in total. The van der Waals surface area contributed by atoms with Crippen LogP contribution in [0.3, 0.4) is 0 Å². The average molecular weight is 338 g/mol. The summed E-state index contributed by atoms with van der Waals surface area (Å²) in [6, 6.07) is 8.25. The molecule has 2 aromatic rings. The van der Waals surface area contributed by atoms with Crippen molar-refractivity contribution in [2.75, 3.05) is 0 Å². The van der Waals surface area contributed by atoms with Gasteiger partial charge in [-0.3, -0.25) is 0 Å². The van der Waals surface area contributed by atoms with Crippen molar-refractivity contribution >= 4 is 5.97 Å². The molecule has 3 heteroatoms. The lowest BCUT2D eigenvalue weighted by Gasteiger charge is -2.37. The first kappa shape index (κ1) is 17.5. The van der Waals surface area contributed by atoms with Gasteiger partial charge in [-0.15, -0.1) is 0 Å². The molecule has 1 aliphatic heterocycles. The van der Waals surface area contributed by atoms with E-state index in [1.165, 1.54) is 5.56 Å². The van der Waals surface area contributed by atoms with E-state index in [1.54, 1.807) is 6.07 Å². The molecule has 3 rings (SSSR count). The van der Waals surface area contributed by atoms with Crippen LogP contribution in [0.1, 0.15) is 60.3 Å². The van der Waals surface area contributed by atoms with Gasteiger partial charge in [0.25, 0.3) is 0 Å². The second-order valence-corrected chi connectivity index (χ2v) is 7.95. The van der Waals surface area contributed by atoms with Crippen molar-refractivity contribution in [1.82, 2.24) is 0 Å². The number of aromatic carboxylic acids is 1. The summed E-state index contributed by atoms with van der Waals surface area (Å²) < 4.78 is 6.36. The minimum atomic E-state index is -0.897. The molecule has 25 heavy (non-hydrogen) atoms. The summed E-state index contributed by atoms with van der Waals surface area (Å²) in [5, 5.41) is 9.54. The summed E-state index contributed by atoms with van der Waals surface area (Å²) in [5.74, 6) is 0.490. The maximum Gasteiger partial charge on any atom is 0.335 e. The topological polar surface area (TPSA) is 46.5 Å². The smallest absolute Gasteiger partial charge is 0.335 e. The standard InChI is InChI=1S/C22H26O3/c1-12(2)9-15-7-8-16-18-11-17(21(23)24)13(3)14(4)20(18)25-22(5,6)19(16)10-15/h7-8,10-12H,9H2,1-6H3,(H,23,24). The van der Waals surface area contributed by atoms with Crippen molar-refractivity contribution in [3.63, 3.8) is 0 Å². The Morgan fingerprint density at radius 2 is 1.80 bits per heavy atom. The van der Waals surface area contributed by atoms with E-state index < -0.39 is 11.6 Å². The molecule has 2 aromatic carbocycles. The lowest BCUT2D eigenvalue weighted by molar-refractivity contribution is 0.0695. The zero-order valence-corrected chi connectivity index (χ0v) is 15.9. The highest BCUT2D eigenvalue weighted by atomic mass is 16.5. The van der Waals surface area contributed by atoms with Crippen LogP contribution in [0.2, 0.25) is 0 Å². The second kappa shape index (κ2) is 5.91. The van der Waals surface area contributed by atoms with Crippen LogP contribution in [0.4, 0.5) is 0 Å². The molecule has 0 spiro atoms. The van der Waals surface area contributed by atoms with Gasteiger partial charge in [-0.2, -0.15) is 0 Å². The SMILES string of the molecule is Cc1c(C(=O)O)cc2c(c1C)OC(C)(C)c1cc(CC(C)C)ccc1-2. The van der Waals surface area contributed by atoms with Gasteiger partial charge in [0, 0.05) is 11.1 Å². The predicted octanol–water partition coefficient (Wildman–Crippen LogP) is 5.49. The third-order valence-electron chi connectivity index (χ3n) is 5.09. The largest absolute Gasteiger partial charge is 0.482 e. The van der Waals surface area contributed by atoms with Crippen LogP contribution in [0.5, 0.6) is 5.75 Å². The van der Waals surface area contributed by atoms with Crippen LogP contribution in [0, 0.1) is 19.8 Å². The van der Waals surface area contributed by atoms with Crippen molar-refractivity contribution in [3.05, 3.63) is 52.1 Å². The second-order valence-electron chi connectivity index (χ2n) is 7.95. The third-order valence-corrected chi connectivity index (χ3v) is 5.09. The summed E-state index contributed by atoms with van der Waals surface area (Å²) in [6.07, 6.45) is 1.02. The van der Waals surface area contributed by atoms with Crippen LogP contribution in [-0.2, 0) is 12.0 Å². The van der Waals surface area contributed by atoms with Gasteiger partial charge in [0.15, 0.2) is 0 Å². The van der Waals surface area contributed by atoms with Crippen molar-refractivity contribution in [1.29, 1.82) is 0 Å². The first-order chi connectivity index (χ1) is 11.6. The zero-order valence-electron chi connectivity index (χ0n) is 15.9. The lowest BCUT2D eigenvalue weighted by Crippen LogP contribution is -2.30. The van der Waals surface area contributed by atoms with Gasteiger partial charge in [-0.1, -0.05) is 32.0 Å². The van der Waals surface area contributed by atoms with E-state index in [-0.39, 0.29) is 0 Å². The Morgan fingerprint density at radius 3 is 2.40 bits per heavy atom. The molecule has 0 amide bonds. The van der Waals surface area contributed by atoms with E-state index in [4.69, 9.17) is 4.74 Å². The average Bonchev–Trinajstić information content (AvgIpc) is 2.51. The van der Waals surface area contributed by atoms with Gasteiger partial charge < -0.3 is 9.84 Å². The van der Waals surface area contributed by atoms with Crippen LogP contribution in [0.25, 0.3) is 11.1 Å². The Morgan fingerprint density at radius 1 is 1.12 bits per heavy atom. The summed E-state index contributed by atoms with van der Waals surface area (Å²) in [7, 11) is 0. The van der Waals surface area contributed by atoms with Gasteiger partial charge >= 0.3 is 5.97 Å². The molecule has 1 aliphatic rings. The first-order valence-corrected chi connectivity index (χ1v) is 8.82.